The van der Waals surface area contributed by atoms with E-state index in [9.17, 15) is 36.0 Å². The monoisotopic (exact) mass is 490 g/mol. The van der Waals surface area contributed by atoms with Gasteiger partial charge in [0.25, 0.3) is 0 Å². The molecule has 0 N–H and O–H groups in total. The van der Waals surface area contributed by atoms with Gasteiger partial charge in [-0.1, -0.05) is 18.2 Å². The van der Waals surface area contributed by atoms with Gasteiger partial charge in [0.15, 0.2) is 5.78 Å². The van der Waals surface area contributed by atoms with Gasteiger partial charge in [-0.25, -0.2) is 0 Å². The van der Waals surface area contributed by atoms with Crippen LogP contribution in [0, 0.1) is 5.92 Å². The second-order valence-electron chi connectivity index (χ2n) is 7.46. The molecule has 33 heavy (non-hydrogen) atoms. The van der Waals surface area contributed by atoms with Crippen molar-refractivity contribution in [2.75, 3.05) is 0 Å². The van der Waals surface area contributed by atoms with E-state index in [1.54, 1.807) is 13.8 Å². The van der Waals surface area contributed by atoms with Crippen molar-refractivity contribution in [3.05, 3.63) is 41.5 Å². The molecule has 1 aromatic rings. The lowest BCUT2D eigenvalue weighted by atomic mass is 9.73. The van der Waals surface area contributed by atoms with Crippen molar-refractivity contribution in [2.24, 2.45) is 5.92 Å². The number of carbonyl (C=O) groups is 3. The Hall–Kier alpha value is -3.15. The summed E-state index contributed by atoms with van der Waals surface area (Å²) < 4.78 is 75.7. The maximum atomic E-state index is 12.8. The van der Waals surface area contributed by atoms with Crippen LogP contribution in [0.4, 0.5) is 13.2 Å². The minimum Gasteiger partial charge on any atom is -0.426 e. The number of alkyl halides is 3. The van der Waals surface area contributed by atoms with Crippen molar-refractivity contribution >= 4 is 27.8 Å². The van der Waals surface area contributed by atoms with Gasteiger partial charge in [0.05, 0.1) is 0 Å². The van der Waals surface area contributed by atoms with E-state index in [1.165, 1.54) is 6.08 Å². The topological polar surface area (TPSA) is 113 Å². The Morgan fingerprint density at radius 3 is 1.94 bits per heavy atom. The summed E-state index contributed by atoms with van der Waals surface area (Å²) in [6, 6.07) is 1.53. The largest absolute Gasteiger partial charge is 0.534 e. The van der Waals surface area contributed by atoms with Gasteiger partial charge in [-0.2, -0.15) is 21.6 Å². The van der Waals surface area contributed by atoms with Gasteiger partial charge in [0.2, 0.25) is 0 Å². The summed E-state index contributed by atoms with van der Waals surface area (Å²) in [5, 5.41) is 0. The summed E-state index contributed by atoms with van der Waals surface area (Å²) in [6.45, 7) is 9.09. The quantitative estimate of drug-likeness (QED) is 0.194. The van der Waals surface area contributed by atoms with Crippen LogP contribution in [0.25, 0.3) is 0 Å². The molecule has 8 nitrogen and oxygen atoms in total. The Labute approximate surface area is 188 Å². The molecule has 0 aliphatic heterocycles. The molecule has 0 heterocycles. The summed E-state index contributed by atoms with van der Waals surface area (Å²) in [7, 11) is -6.07. The van der Waals surface area contributed by atoms with Crippen LogP contribution in [0.1, 0.15) is 45.6 Å². The number of ketones is 1. The van der Waals surface area contributed by atoms with E-state index in [2.05, 4.69) is 10.8 Å². The first-order valence-corrected chi connectivity index (χ1v) is 10.9. The number of hydrogen-bond acceptors (Lipinski definition) is 8. The van der Waals surface area contributed by atoms with Gasteiger partial charge in [0, 0.05) is 43.9 Å². The maximum Gasteiger partial charge on any atom is 0.534 e. The molecule has 0 amide bonds. The van der Waals surface area contributed by atoms with Crippen LogP contribution in [0.3, 0.4) is 0 Å². The lowest BCUT2D eigenvalue weighted by Crippen LogP contribution is -2.28. The first kappa shape index (κ1) is 26.1. The molecule has 12 heteroatoms. The molecular formula is C21H21F3O8S. The SMILES string of the molecule is C=C(C)[C@@H]1CC(=O)C(C)=C[C@H]1c1c(OC(C)=O)cc(OS(=O)(=O)C(F)(F)F)cc1OC(C)=O. The molecule has 1 aromatic carbocycles. The minimum absolute atomic E-state index is 0.0298. The predicted molar refractivity (Wildman–Crippen MR) is 109 cm³/mol. The van der Waals surface area contributed by atoms with E-state index in [0.717, 1.165) is 26.0 Å². The van der Waals surface area contributed by atoms with Gasteiger partial charge in [-0.3, -0.25) is 14.4 Å². The highest BCUT2D eigenvalue weighted by Crippen LogP contribution is 2.48. The zero-order chi connectivity index (χ0) is 25.3. The molecular weight excluding hydrogens is 469 g/mol. The van der Waals surface area contributed by atoms with E-state index < -0.39 is 56.6 Å². The Balaban J connectivity index is 2.82. The number of halogens is 3. The number of Topliss-reactive ketones (excluding diaryl/α,β-unsaturated/α-hetero) is 1. The summed E-state index contributed by atoms with van der Waals surface area (Å²) in [5.74, 6) is -4.92. The molecule has 0 fully saturated rings. The van der Waals surface area contributed by atoms with Gasteiger partial charge in [0.1, 0.15) is 17.2 Å². The van der Waals surface area contributed by atoms with E-state index in [4.69, 9.17) is 9.47 Å². The van der Waals surface area contributed by atoms with Crippen LogP contribution in [-0.4, -0.2) is 31.6 Å². The van der Waals surface area contributed by atoms with Crippen molar-refractivity contribution in [2.45, 2.75) is 45.5 Å². The fourth-order valence-corrected chi connectivity index (χ4v) is 3.78. The van der Waals surface area contributed by atoms with Crippen molar-refractivity contribution in [3.8, 4) is 17.2 Å². The summed E-state index contributed by atoms with van der Waals surface area (Å²) in [5.41, 5.74) is -4.76. The average Bonchev–Trinajstić information content (AvgIpc) is 2.61. The van der Waals surface area contributed by atoms with Crippen LogP contribution in [-0.2, 0) is 24.5 Å². The molecule has 1 aliphatic carbocycles. The summed E-state index contributed by atoms with van der Waals surface area (Å²) >= 11 is 0. The molecule has 0 spiro atoms. The maximum absolute atomic E-state index is 12.8. The number of esters is 2. The highest BCUT2D eigenvalue weighted by molar-refractivity contribution is 7.88. The van der Waals surface area contributed by atoms with E-state index in [1.807, 2.05) is 0 Å². The zero-order valence-electron chi connectivity index (χ0n) is 18.1. The Kier molecular flexibility index (Phi) is 7.42. The Morgan fingerprint density at radius 2 is 1.55 bits per heavy atom. The second-order valence-corrected chi connectivity index (χ2v) is 9.00. The van der Waals surface area contributed by atoms with Crippen molar-refractivity contribution in [1.29, 1.82) is 0 Å². The molecule has 0 bridgehead atoms. The number of hydrogen-bond donors (Lipinski definition) is 0. The number of rotatable bonds is 6. The summed E-state index contributed by atoms with van der Waals surface area (Å²) in [6.07, 6.45) is 1.57. The van der Waals surface area contributed by atoms with Crippen LogP contribution >= 0.6 is 0 Å². The normalized spacial score (nSPS) is 18.9. The van der Waals surface area contributed by atoms with E-state index in [-0.39, 0.29) is 17.8 Å². The van der Waals surface area contributed by atoms with Gasteiger partial charge >= 0.3 is 27.6 Å². The van der Waals surface area contributed by atoms with Crippen LogP contribution in [0.5, 0.6) is 17.2 Å². The third-order valence-electron chi connectivity index (χ3n) is 4.75. The third-order valence-corrected chi connectivity index (χ3v) is 5.73. The molecule has 1 aliphatic rings. The van der Waals surface area contributed by atoms with Gasteiger partial charge < -0.3 is 13.7 Å². The smallest absolute Gasteiger partial charge is 0.426 e. The zero-order valence-corrected chi connectivity index (χ0v) is 18.9. The fraction of sp³-hybridized carbons (Fsp3) is 0.381. The van der Waals surface area contributed by atoms with Crippen molar-refractivity contribution in [1.82, 2.24) is 0 Å². The van der Waals surface area contributed by atoms with Crippen LogP contribution in [0.2, 0.25) is 0 Å². The molecule has 2 atom stereocenters. The number of ether oxygens (including phenoxy) is 2. The van der Waals surface area contributed by atoms with E-state index in [0.29, 0.717) is 11.1 Å². The predicted octanol–water partition coefficient (Wildman–Crippen LogP) is 3.96. The lowest BCUT2D eigenvalue weighted by Gasteiger charge is -2.31. The number of carbonyl (C=O) groups excluding carboxylic acids is 3. The molecule has 0 saturated heterocycles. The van der Waals surface area contributed by atoms with Crippen molar-refractivity contribution in [3.63, 3.8) is 0 Å². The third kappa shape index (κ3) is 6.01. The lowest BCUT2D eigenvalue weighted by molar-refractivity contribution is -0.132. The number of allylic oxidation sites excluding steroid dienone is 3. The highest BCUT2D eigenvalue weighted by Gasteiger charge is 2.49. The average molecular weight is 490 g/mol. The fourth-order valence-electron chi connectivity index (χ4n) is 3.34. The first-order chi connectivity index (χ1) is 15.0. The minimum atomic E-state index is -6.07. The molecule has 0 unspecified atom stereocenters. The van der Waals surface area contributed by atoms with E-state index >= 15 is 0 Å². The molecule has 2 rings (SSSR count). The van der Waals surface area contributed by atoms with Crippen molar-refractivity contribution < 1.29 is 49.6 Å². The second kappa shape index (κ2) is 9.38. The van der Waals surface area contributed by atoms with Gasteiger partial charge in [-0.15, -0.1) is 0 Å². The number of benzene rings is 1. The molecule has 0 radical (unpaired) electrons. The highest BCUT2D eigenvalue weighted by atomic mass is 32.2. The van der Waals surface area contributed by atoms with Crippen LogP contribution in [0.15, 0.2) is 35.9 Å². The molecule has 0 aromatic heterocycles. The van der Waals surface area contributed by atoms with Crippen LogP contribution < -0.4 is 13.7 Å². The Morgan fingerprint density at radius 1 is 1.06 bits per heavy atom. The summed E-state index contributed by atoms with van der Waals surface area (Å²) in [4.78, 5) is 35.7. The molecule has 0 saturated carbocycles. The molecule has 180 valence electrons. The first-order valence-electron chi connectivity index (χ1n) is 9.46. The Bertz CT molecular complexity index is 1110. The van der Waals surface area contributed by atoms with Gasteiger partial charge in [-0.05, 0) is 25.3 Å². The standard InChI is InChI=1S/C21H21F3O8S/c1-10(2)15-9-17(27)11(3)6-16(15)20-18(30-12(4)25)7-14(8-19(20)31-13(5)26)32-33(28,29)21(22,23)24/h6-8,15-16H,1,9H2,2-5H3/t15-,16+/m0/s1.